The quantitative estimate of drug-likeness (QED) is 0.558. The summed E-state index contributed by atoms with van der Waals surface area (Å²) in [6, 6.07) is 10.1. The summed E-state index contributed by atoms with van der Waals surface area (Å²) >= 11 is 7.02. The Balaban J connectivity index is 0.00000220. The van der Waals surface area contributed by atoms with Gasteiger partial charge in [0.25, 0.3) is 0 Å². The van der Waals surface area contributed by atoms with Crippen LogP contribution in [0.4, 0.5) is 0 Å². The Morgan fingerprint density at radius 3 is 2.57 bits per heavy atom. The van der Waals surface area contributed by atoms with Crippen LogP contribution in [0.5, 0.6) is 0 Å². The molecular weight excluding hydrogens is 417 g/mol. The Labute approximate surface area is 149 Å². The van der Waals surface area contributed by atoms with Crippen molar-refractivity contribution in [3.05, 3.63) is 45.0 Å². The molecule has 1 heterocycles. The van der Waals surface area contributed by atoms with Crippen LogP contribution in [0.2, 0.25) is 0 Å². The van der Waals surface area contributed by atoms with Crippen molar-refractivity contribution in [1.82, 2.24) is 5.32 Å². The highest BCUT2D eigenvalue weighted by Crippen LogP contribution is 2.31. The van der Waals surface area contributed by atoms with Crippen molar-refractivity contribution in [3.8, 4) is 11.3 Å². The van der Waals surface area contributed by atoms with E-state index in [9.17, 15) is 0 Å². The molecule has 0 fully saturated rings. The molecule has 0 aliphatic rings. The van der Waals surface area contributed by atoms with Crippen LogP contribution in [0.25, 0.3) is 11.3 Å². The second kappa shape index (κ2) is 8.99. The summed E-state index contributed by atoms with van der Waals surface area (Å²) in [5.41, 5.74) is 1.07. The molecule has 0 spiro atoms. The summed E-state index contributed by atoms with van der Waals surface area (Å²) in [6.07, 6.45) is 1.19. The van der Waals surface area contributed by atoms with Gasteiger partial charge in [-0.05, 0) is 65.1 Å². The van der Waals surface area contributed by atoms with E-state index in [1.54, 1.807) is 0 Å². The van der Waals surface area contributed by atoms with Gasteiger partial charge in [0, 0.05) is 14.5 Å². The minimum atomic E-state index is 0. The molecule has 0 atom stereocenters. The predicted molar refractivity (Wildman–Crippen MR) is 98.0 cm³/mol. The van der Waals surface area contributed by atoms with E-state index in [-0.39, 0.29) is 12.4 Å². The molecule has 1 aromatic heterocycles. The maximum absolute atomic E-state index is 5.89. The number of benzene rings is 1. The molecular formula is C16H20Br2ClNO. The van der Waals surface area contributed by atoms with Gasteiger partial charge < -0.3 is 9.73 Å². The highest BCUT2D eigenvalue weighted by atomic mass is 79.9. The number of hydrogen-bond acceptors (Lipinski definition) is 2. The standard InChI is InChI=1S/C16H19Br2NO.ClH/c1-11(2)7-8-19-10-13-4-6-16(20-13)14-5-3-12(17)9-15(14)18;/h3-6,9,11,19H,7-8,10H2,1-2H3;1H. The van der Waals surface area contributed by atoms with Gasteiger partial charge >= 0.3 is 0 Å². The summed E-state index contributed by atoms with van der Waals surface area (Å²) in [5.74, 6) is 2.59. The summed E-state index contributed by atoms with van der Waals surface area (Å²) < 4.78 is 7.97. The Bertz CT molecular complexity index is 569. The Hall–Kier alpha value is -0.290. The summed E-state index contributed by atoms with van der Waals surface area (Å²) in [7, 11) is 0. The lowest BCUT2D eigenvalue weighted by Gasteiger charge is -2.05. The van der Waals surface area contributed by atoms with E-state index in [4.69, 9.17) is 4.42 Å². The Morgan fingerprint density at radius 1 is 1.14 bits per heavy atom. The monoisotopic (exact) mass is 435 g/mol. The molecule has 0 saturated carbocycles. The molecule has 2 nitrogen and oxygen atoms in total. The molecule has 0 unspecified atom stereocenters. The average Bonchev–Trinajstić information content (AvgIpc) is 2.83. The second-order valence-corrected chi connectivity index (χ2v) is 7.02. The molecule has 0 aliphatic heterocycles. The highest BCUT2D eigenvalue weighted by molar-refractivity contribution is 9.11. The number of halogens is 3. The van der Waals surface area contributed by atoms with E-state index >= 15 is 0 Å². The van der Waals surface area contributed by atoms with Crippen molar-refractivity contribution in [3.63, 3.8) is 0 Å². The zero-order chi connectivity index (χ0) is 14.5. The molecule has 0 amide bonds. The van der Waals surface area contributed by atoms with Gasteiger partial charge in [0.05, 0.1) is 6.54 Å². The van der Waals surface area contributed by atoms with E-state index in [0.717, 1.165) is 45.0 Å². The van der Waals surface area contributed by atoms with Gasteiger partial charge in [-0.3, -0.25) is 0 Å². The van der Waals surface area contributed by atoms with Crippen molar-refractivity contribution in [2.45, 2.75) is 26.8 Å². The minimum Gasteiger partial charge on any atom is -0.460 e. The molecule has 1 N–H and O–H groups in total. The van der Waals surface area contributed by atoms with Gasteiger partial charge in [-0.1, -0.05) is 29.8 Å². The summed E-state index contributed by atoms with van der Waals surface area (Å²) in [5, 5.41) is 3.41. The topological polar surface area (TPSA) is 25.2 Å². The first-order valence-electron chi connectivity index (χ1n) is 6.81. The van der Waals surface area contributed by atoms with Crippen molar-refractivity contribution in [1.29, 1.82) is 0 Å². The van der Waals surface area contributed by atoms with Crippen molar-refractivity contribution in [2.75, 3.05) is 6.54 Å². The van der Waals surface area contributed by atoms with Crippen LogP contribution in [0, 0.1) is 5.92 Å². The lowest BCUT2D eigenvalue weighted by atomic mass is 10.1. The fraction of sp³-hybridized carbons (Fsp3) is 0.375. The van der Waals surface area contributed by atoms with Crippen LogP contribution in [0.1, 0.15) is 26.0 Å². The second-order valence-electron chi connectivity index (χ2n) is 5.25. The molecule has 2 rings (SSSR count). The van der Waals surface area contributed by atoms with Crippen LogP contribution >= 0.6 is 44.3 Å². The van der Waals surface area contributed by atoms with Gasteiger partial charge in [-0.15, -0.1) is 12.4 Å². The predicted octanol–water partition coefficient (Wildman–Crippen LogP) is 6.03. The first-order valence-corrected chi connectivity index (χ1v) is 8.39. The smallest absolute Gasteiger partial charge is 0.135 e. The van der Waals surface area contributed by atoms with Crippen molar-refractivity contribution in [2.24, 2.45) is 5.92 Å². The van der Waals surface area contributed by atoms with E-state index in [0.29, 0.717) is 0 Å². The third-order valence-corrected chi connectivity index (χ3v) is 4.21. The first-order chi connectivity index (χ1) is 9.56. The van der Waals surface area contributed by atoms with Crippen LogP contribution in [-0.2, 0) is 6.54 Å². The van der Waals surface area contributed by atoms with Crippen molar-refractivity contribution < 1.29 is 4.42 Å². The number of hydrogen-bond donors (Lipinski definition) is 1. The SMILES string of the molecule is CC(C)CCNCc1ccc(-c2ccc(Br)cc2Br)o1.Cl. The summed E-state index contributed by atoms with van der Waals surface area (Å²) in [4.78, 5) is 0. The van der Waals surface area contributed by atoms with Gasteiger partial charge in [-0.2, -0.15) is 0 Å². The molecule has 1 aromatic carbocycles. The van der Waals surface area contributed by atoms with E-state index in [2.05, 4.69) is 51.0 Å². The molecule has 0 radical (unpaired) electrons. The first kappa shape index (κ1) is 18.8. The third kappa shape index (κ3) is 5.78. The third-order valence-electron chi connectivity index (χ3n) is 3.06. The van der Waals surface area contributed by atoms with Gasteiger partial charge in [0.1, 0.15) is 11.5 Å². The average molecular weight is 438 g/mol. The number of nitrogens with one attached hydrogen (secondary N) is 1. The molecule has 0 saturated heterocycles. The van der Waals surface area contributed by atoms with Gasteiger partial charge in [0.15, 0.2) is 0 Å². The highest BCUT2D eigenvalue weighted by Gasteiger charge is 2.08. The number of furan rings is 1. The summed E-state index contributed by atoms with van der Waals surface area (Å²) in [6.45, 7) is 6.27. The van der Waals surface area contributed by atoms with Crippen LogP contribution in [-0.4, -0.2) is 6.54 Å². The van der Waals surface area contributed by atoms with E-state index < -0.39 is 0 Å². The fourth-order valence-corrected chi connectivity index (χ4v) is 3.15. The molecule has 2 aromatic rings. The Morgan fingerprint density at radius 2 is 1.90 bits per heavy atom. The normalized spacial score (nSPS) is 10.7. The van der Waals surface area contributed by atoms with Crippen LogP contribution in [0.3, 0.4) is 0 Å². The van der Waals surface area contributed by atoms with Crippen LogP contribution < -0.4 is 5.32 Å². The minimum absolute atomic E-state index is 0. The lowest BCUT2D eigenvalue weighted by Crippen LogP contribution is -2.15. The largest absolute Gasteiger partial charge is 0.460 e. The zero-order valence-corrected chi connectivity index (χ0v) is 16.1. The van der Waals surface area contributed by atoms with E-state index in [1.165, 1.54) is 6.42 Å². The van der Waals surface area contributed by atoms with Gasteiger partial charge in [-0.25, -0.2) is 0 Å². The molecule has 0 bridgehead atoms. The fourth-order valence-electron chi connectivity index (χ4n) is 1.91. The maximum Gasteiger partial charge on any atom is 0.135 e. The zero-order valence-electron chi connectivity index (χ0n) is 12.2. The molecule has 0 aliphatic carbocycles. The molecule has 21 heavy (non-hydrogen) atoms. The Kier molecular flexibility index (Phi) is 8.03. The van der Waals surface area contributed by atoms with Crippen molar-refractivity contribution >= 4 is 44.3 Å². The lowest BCUT2D eigenvalue weighted by molar-refractivity contribution is 0.474. The molecule has 116 valence electrons. The molecule has 5 heteroatoms. The van der Waals surface area contributed by atoms with E-state index in [1.807, 2.05) is 30.3 Å². The number of rotatable bonds is 6. The van der Waals surface area contributed by atoms with Gasteiger partial charge in [0.2, 0.25) is 0 Å². The maximum atomic E-state index is 5.89. The van der Waals surface area contributed by atoms with Crippen LogP contribution in [0.15, 0.2) is 43.7 Å².